The average Bonchev–Trinajstić information content (AvgIpc) is 2.28. The van der Waals surface area contributed by atoms with Crippen LogP contribution in [0.4, 0.5) is 0 Å². The summed E-state index contributed by atoms with van der Waals surface area (Å²) in [5, 5.41) is 0. The fraction of sp³-hybridized carbons (Fsp3) is 0.875. The third-order valence-corrected chi connectivity index (χ3v) is 2.42. The van der Waals surface area contributed by atoms with E-state index in [1.54, 1.807) is 0 Å². The Balaban J connectivity index is 2.06. The molecule has 2 heterocycles. The summed E-state index contributed by atoms with van der Waals surface area (Å²) in [5.41, 5.74) is 0. The van der Waals surface area contributed by atoms with Crippen LogP contribution in [0.1, 0.15) is 19.3 Å². The van der Waals surface area contributed by atoms with Gasteiger partial charge in [0.25, 0.3) is 0 Å². The number of hydrogen-bond acceptors (Lipinski definition) is 2. The number of fused-ring (bicyclic) bond motifs is 1. The number of aliphatic imine (C=N–C) groups is 1. The molecule has 56 valence electrons. The van der Waals surface area contributed by atoms with Crippen LogP contribution in [0.25, 0.3) is 0 Å². The Labute approximate surface area is 61.9 Å². The van der Waals surface area contributed by atoms with E-state index in [-0.39, 0.29) is 0 Å². The van der Waals surface area contributed by atoms with Crippen molar-refractivity contribution in [1.82, 2.24) is 4.90 Å². The quantitative estimate of drug-likeness (QED) is 0.486. The second-order valence-corrected chi connectivity index (χ2v) is 3.15. The SMILES string of the molecule is C1=NCCCN2CCCC12. The summed E-state index contributed by atoms with van der Waals surface area (Å²) in [6, 6.07) is 0.697. The molecule has 2 rings (SSSR count). The van der Waals surface area contributed by atoms with Gasteiger partial charge in [-0.3, -0.25) is 9.89 Å². The van der Waals surface area contributed by atoms with E-state index in [0.29, 0.717) is 6.04 Å². The first-order valence-corrected chi connectivity index (χ1v) is 4.21. The highest BCUT2D eigenvalue weighted by atomic mass is 15.2. The maximum atomic E-state index is 4.35. The zero-order valence-electron chi connectivity index (χ0n) is 6.29. The van der Waals surface area contributed by atoms with Crippen molar-refractivity contribution in [1.29, 1.82) is 0 Å². The molecule has 0 aromatic rings. The molecule has 1 unspecified atom stereocenters. The Kier molecular flexibility index (Phi) is 1.72. The van der Waals surface area contributed by atoms with Gasteiger partial charge >= 0.3 is 0 Å². The van der Waals surface area contributed by atoms with Crippen molar-refractivity contribution in [2.75, 3.05) is 19.6 Å². The summed E-state index contributed by atoms with van der Waals surface area (Å²) in [6.07, 6.45) is 6.12. The first-order valence-electron chi connectivity index (χ1n) is 4.21. The summed E-state index contributed by atoms with van der Waals surface area (Å²) in [6.45, 7) is 3.62. The first-order chi connectivity index (χ1) is 4.97. The largest absolute Gasteiger partial charge is 0.296 e. The third kappa shape index (κ3) is 1.08. The van der Waals surface area contributed by atoms with Gasteiger partial charge in [0.2, 0.25) is 0 Å². The summed E-state index contributed by atoms with van der Waals surface area (Å²) in [7, 11) is 0. The lowest BCUT2D eigenvalue weighted by molar-refractivity contribution is 0.310. The van der Waals surface area contributed by atoms with Gasteiger partial charge in [0.1, 0.15) is 0 Å². The van der Waals surface area contributed by atoms with Crippen LogP contribution in [0.5, 0.6) is 0 Å². The van der Waals surface area contributed by atoms with Crippen LogP contribution in [0.15, 0.2) is 4.99 Å². The Morgan fingerprint density at radius 3 is 3.20 bits per heavy atom. The molecular weight excluding hydrogens is 124 g/mol. The van der Waals surface area contributed by atoms with Crippen molar-refractivity contribution in [3.05, 3.63) is 0 Å². The minimum atomic E-state index is 0.697. The van der Waals surface area contributed by atoms with Gasteiger partial charge in [-0.25, -0.2) is 0 Å². The number of nitrogens with zero attached hydrogens (tertiary/aromatic N) is 2. The second-order valence-electron chi connectivity index (χ2n) is 3.15. The van der Waals surface area contributed by atoms with Gasteiger partial charge in [-0.15, -0.1) is 0 Å². The Morgan fingerprint density at radius 2 is 2.20 bits per heavy atom. The predicted molar refractivity (Wildman–Crippen MR) is 42.6 cm³/mol. The van der Waals surface area contributed by atoms with Gasteiger partial charge in [-0.05, 0) is 25.8 Å². The van der Waals surface area contributed by atoms with Gasteiger partial charge in [-0.1, -0.05) is 0 Å². The lowest BCUT2D eigenvalue weighted by atomic mass is 10.2. The molecule has 1 fully saturated rings. The molecule has 0 aromatic carbocycles. The number of rotatable bonds is 0. The minimum Gasteiger partial charge on any atom is -0.296 e. The molecule has 0 aromatic heterocycles. The predicted octanol–water partition coefficient (Wildman–Crippen LogP) is 0.925. The zero-order chi connectivity index (χ0) is 6.81. The molecule has 0 amide bonds. The Hall–Kier alpha value is -0.370. The zero-order valence-corrected chi connectivity index (χ0v) is 6.29. The first kappa shape index (κ1) is 6.35. The minimum absolute atomic E-state index is 0.697. The van der Waals surface area contributed by atoms with Crippen molar-refractivity contribution in [3.63, 3.8) is 0 Å². The summed E-state index contributed by atoms with van der Waals surface area (Å²) in [4.78, 5) is 6.90. The highest BCUT2D eigenvalue weighted by molar-refractivity contribution is 5.65. The summed E-state index contributed by atoms with van der Waals surface area (Å²) >= 11 is 0. The van der Waals surface area contributed by atoms with Gasteiger partial charge < -0.3 is 0 Å². The van der Waals surface area contributed by atoms with E-state index in [9.17, 15) is 0 Å². The van der Waals surface area contributed by atoms with Crippen LogP contribution in [0.2, 0.25) is 0 Å². The standard InChI is InChI=1S/C8H14N2/c1-3-8-7-9-4-2-6-10(8)5-1/h7-8H,1-6H2. The molecule has 0 aliphatic carbocycles. The summed E-state index contributed by atoms with van der Waals surface area (Å²) < 4.78 is 0. The molecule has 1 saturated heterocycles. The molecule has 2 heteroatoms. The van der Waals surface area contributed by atoms with Gasteiger partial charge in [-0.2, -0.15) is 0 Å². The van der Waals surface area contributed by atoms with E-state index in [2.05, 4.69) is 16.1 Å². The van der Waals surface area contributed by atoms with Crippen LogP contribution >= 0.6 is 0 Å². The monoisotopic (exact) mass is 138 g/mol. The molecular formula is C8H14N2. The highest BCUT2D eigenvalue weighted by Crippen LogP contribution is 2.17. The third-order valence-electron chi connectivity index (χ3n) is 2.42. The van der Waals surface area contributed by atoms with Crippen LogP contribution < -0.4 is 0 Å². The molecule has 2 nitrogen and oxygen atoms in total. The van der Waals surface area contributed by atoms with E-state index < -0.39 is 0 Å². The Bertz CT molecular complexity index is 142. The molecule has 2 aliphatic heterocycles. The van der Waals surface area contributed by atoms with Crippen molar-refractivity contribution in [3.8, 4) is 0 Å². The van der Waals surface area contributed by atoms with E-state index in [1.165, 1.54) is 32.4 Å². The maximum Gasteiger partial charge on any atom is 0.0447 e. The van der Waals surface area contributed by atoms with E-state index in [1.807, 2.05) is 0 Å². The smallest absolute Gasteiger partial charge is 0.0447 e. The second kappa shape index (κ2) is 2.70. The van der Waals surface area contributed by atoms with Crippen molar-refractivity contribution in [2.45, 2.75) is 25.3 Å². The molecule has 0 spiro atoms. The van der Waals surface area contributed by atoms with E-state index in [4.69, 9.17) is 0 Å². The Morgan fingerprint density at radius 1 is 1.30 bits per heavy atom. The molecule has 0 N–H and O–H groups in total. The lowest BCUT2D eigenvalue weighted by Gasteiger charge is -2.17. The van der Waals surface area contributed by atoms with Crippen LogP contribution in [0, 0.1) is 0 Å². The normalized spacial score (nSPS) is 33.8. The van der Waals surface area contributed by atoms with Crippen molar-refractivity contribution < 1.29 is 0 Å². The average molecular weight is 138 g/mol. The van der Waals surface area contributed by atoms with Crippen molar-refractivity contribution in [2.24, 2.45) is 4.99 Å². The van der Waals surface area contributed by atoms with E-state index in [0.717, 1.165) is 6.54 Å². The van der Waals surface area contributed by atoms with Crippen LogP contribution in [-0.2, 0) is 0 Å². The fourth-order valence-electron chi connectivity index (χ4n) is 1.86. The van der Waals surface area contributed by atoms with Crippen LogP contribution in [0.3, 0.4) is 0 Å². The van der Waals surface area contributed by atoms with Gasteiger partial charge in [0.05, 0.1) is 0 Å². The molecule has 10 heavy (non-hydrogen) atoms. The molecule has 0 radical (unpaired) electrons. The van der Waals surface area contributed by atoms with Gasteiger partial charge in [0, 0.05) is 25.3 Å². The highest BCUT2D eigenvalue weighted by Gasteiger charge is 2.22. The van der Waals surface area contributed by atoms with Crippen molar-refractivity contribution >= 4 is 6.21 Å². The fourth-order valence-corrected chi connectivity index (χ4v) is 1.86. The molecule has 0 saturated carbocycles. The molecule has 2 aliphatic rings. The van der Waals surface area contributed by atoms with Crippen LogP contribution in [-0.4, -0.2) is 36.8 Å². The maximum absolute atomic E-state index is 4.35. The topological polar surface area (TPSA) is 15.6 Å². The summed E-state index contributed by atoms with van der Waals surface area (Å²) in [5.74, 6) is 0. The van der Waals surface area contributed by atoms with Gasteiger partial charge in [0.15, 0.2) is 0 Å². The lowest BCUT2D eigenvalue weighted by Crippen LogP contribution is -2.29. The van der Waals surface area contributed by atoms with E-state index >= 15 is 0 Å². The number of hydrogen-bond donors (Lipinski definition) is 0. The molecule has 0 bridgehead atoms. The molecule has 1 atom stereocenters.